The average molecular weight is 380 g/mol. The molecule has 0 bridgehead atoms. The molecule has 0 heterocycles. The number of halogens is 1. The number of aliphatic hydroxyl groups excluding tert-OH is 1. The molecule has 25 heavy (non-hydrogen) atoms. The third kappa shape index (κ3) is 26.5. The number of rotatable bonds is 20. The van der Waals surface area contributed by atoms with Gasteiger partial charge in [-0.15, -0.1) is 12.4 Å². The predicted octanol–water partition coefficient (Wildman–Crippen LogP) is 5.96. The van der Waals surface area contributed by atoms with Crippen molar-refractivity contribution in [2.24, 2.45) is 0 Å². The van der Waals surface area contributed by atoms with Crippen LogP contribution >= 0.6 is 12.4 Å². The van der Waals surface area contributed by atoms with Crippen LogP contribution in [0.5, 0.6) is 0 Å². The molecule has 0 aliphatic heterocycles. The molecule has 0 rings (SSSR count). The summed E-state index contributed by atoms with van der Waals surface area (Å²) in [5.74, 6) is 0. The molecule has 0 fully saturated rings. The maximum atomic E-state index is 8.69. The zero-order valence-corrected chi connectivity index (χ0v) is 17.6. The maximum Gasteiger partial charge on any atom is 0.164 e. The Bertz CT molecular complexity index is 228. The van der Waals surface area contributed by atoms with Crippen LogP contribution in [0.4, 0.5) is 0 Å². The van der Waals surface area contributed by atoms with Crippen molar-refractivity contribution in [2.45, 2.75) is 122 Å². The summed E-state index contributed by atoms with van der Waals surface area (Å²) in [6, 6.07) is 0. The Morgan fingerprint density at radius 2 is 0.880 bits per heavy atom. The summed E-state index contributed by atoms with van der Waals surface area (Å²) in [4.78, 5) is 0. The highest BCUT2D eigenvalue weighted by Gasteiger charge is 1.96. The smallest absolute Gasteiger partial charge is 0.164 e. The molecule has 0 amide bonds. The first-order valence-corrected chi connectivity index (χ1v) is 10.8. The second-order valence-electron chi connectivity index (χ2n) is 7.34. The molecule has 0 radical (unpaired) electrons. The van der Waals surface area contributed by atoms with Gasteiger partial charge in [-0.1, -0.05) is 110 Å². The normalized spacial score (nSPS) is 11.0. The summed E-state index contributed by atoms with van der Waals surface area (Å²) in [6.45, 7) is 3.47. The lowest BCUT2D eigenvalue weighted by Gasteiger charge is -2.06. The van der Waals surface area contributed by atoms with Crippen LogP contribution in [-0.4, -0.2) is 29.6 Å². The van der Waals surface area contributed by atoms with Gasteiger partial charge in [0, 0.05) is 6.54 Å². The first-order chi connectivity index (χ1) is 11.8. The van der Waals surface area contributed by atoms with Crippen molar-refractivity contribution in [3.05, 3.63) is 0 Å². The fraction of sp³-hybridized carbons (Fsp3) is 1.00. The van der Waals surface area contributed by atoms with Gasteiger partial charge in [-0.2, -0.15) is 0 Å². The van der Waals surface area contributed by atoms with Gasteiger partial charge in [0.2, 0.25) is 0 Å². The van der Waals surface area contributed by atoms with Crippen LogP contribution in [0.1, 0.15) is 116 Å². The largest absolute Gasteiger partial charge is 0.367 e. The molecule has 0 unspecified atom stereocenters. The third-order valence-corrected chi connectivity index (χ3v) is 4.78. The van der Waals surface area contributed by atoms with E-state index in [-0.39, 0.29) is 12.4 Å². The van der Waals surface area contributed by atoms with Gasteiger partial charge in [0.05, 0.1) is 0 Å². The molecule has 3 nitrogen and oxygen atoms in total. The van der Waals surface area contributed by atoms with Crippen LogP contribution in [0.15, 0.2) is 0 Å². The highest BCUT2D eigenvalue weighted by atomic mass is 35.5. The zero-order valence-electron chi connectivity index (χ0n) is 16.8. The summed E-state index contributed by atoms with van der Waals surface area (Å²) in [6.07, 6.45) is 22.4. The standard InChI is InChI=1S/C21H45NO2.ClH/c1-2-3-4-5-6-7-8-9-10-11-12-13-14-15-16-17-18-19-22-20-21(23)24;/h21-24H,2-20H2,1H3;1H. The molecular weight excluding hydrogens is 334 g/mol. The molecule has 0 spiro atoms. The van der Waals surface area contributed by atoms with E-state index in [9.17, 15) is 0 Å². The van der Waals surface area contributed by atoms with Crippen molar-refractivity contribution in [1.82, 2.24) is 5.32 Å². The number of hydrogen-bond acceptors (Lipinski definition) is 3. The summed E-state index contributed by atoms with van der Waals surface area (Å²) < 4.78 is 0. The number of hydrogen-bond donors (Lipinski definition) is 3. The monoisotopic (exact) mass is 379 g/mol. The van der Waals surface area contributed by atoms with Gasteiger partial charge < -0.3 is 15.5 Å². The highest BCUT2D eigenvalue weighted by molar-refractivity contribution is 5.85. The first-order valence-electron chi connectivity index (χ1n) is 10.8. The lowest BCUT2D eigenvalue weighted by atomic mass is 10.0. The van der Waals surface area contributed by atoms with Crippen LogP contribution in [-0.2, 0) is 0 Å². The minimum Gasteiger partial charge on any atom is -0.367 e. The Kier molecular flexibility index (Phi) is 26.5. The molecule has 154 valence electrons. The van der Waals surface area contributed by atoms with Crippen molar-refractivity contribution in [2.75, 3.05) is 13.1 Å². The maximum absolute atomic E-state index is 8.69. The molecular formula is C21H46ClNO2. The highest BCUT2D eigenvalue weighted by Crippen LogP contribution is 2.13. The number of unbranched alkanes of at least 4 members (excludes halogenated alkanes) is 16. The van der Waals surface area contributed by atoms with Gasteiger partial charge in [-0.05, 0) is 13.0 Å². The van der Waals surface area contributed by atoms with E-state index < -0.39 is 6.29 Å². The van der Waals surface area contributed by atoms with E-state index >= 15 is 0 Å². The summed E-state index contributed by atoms with van der Waals surface area (Å²) >= 11 is 0. The van der Waals surface area contributed by atoms with Crippen molar-refractivity contribution in [3.63, 3.8) is 0 Å². The summed E-state index contributed by atoms with van der Waals surface area (Å²) in [5, 5.41) is 20.4. The van der Waals surface area contributed by atoms with Crippen LogP contribution in [0.25, 0.3) is 0 Å². The molecule has 0 aliphatic carbocycles. The zero-order chi connectivity index (χ0) is 17.7. The van der Waals surface area contributed by atoms with Gasteiger partial charge in [0.1, 0.15) is 0 Å². The van der Waals surface area contributed by atoms with Gasteiger partial charge in [0.15, 0.2) is 6.29 Å². The van der Waals surface area contributed by atoms with E-state index in [1.807, 2.05) is 0 Å². The van der Waals surface area contributed by atoms with Crippen LogP contribution < -0.4 is 5.32 Å². The van der Waals surface area contributed by atoms with E-state index in [0.717, 1.165) is 13.0 Å². The quantitative estimate of drug-likeness (QED) is 0.180. The number of nitrogens with one attached hydrogen (secondary N) is 1. The van der Waals surface area contributed by atoms with E-state index in [2.05, 4.69) is 12.2 Å². The van der Waals surface area contributed by atoms with E-state index in [1.165, 1.54) is 103 Å². The first kappa shape index (κ1) is 27.4. The van der Waals surface area contributed by atoms with Gasteiger partial charge >= 0.3 is 0 Å². The summed E-state index contributed by atoms with van der Waals surface area (Å²) in [5.41, 5.74) is 0. The van der Waals surface area contributed by atoms with Gasteiger partial charge in [-0.25, -0.2) is 0 Å². The fourth-order valence-electron chi connectivity index (χ4n) is 3.21. The Morgan fingerprint density at radius 3 is 1.20 bits per heavy atom. The Labute approximate surface area is 163 Å². The fourth-order valence-corrected chi connectivity index (χ4v) is 3.21. The van der Waals surface area contributed by atoms with Crippen molar-refractivity contribution in [1.29, 1.82) is 0 Å². The minimum absolute atomic E-state index is 0. The van der Waals surface area contributed by atoms with Gasteiger partial charge in [-0.3, -0.25) is 0 Å². The average Bonchev–Trinajstić information content (AvgIpc) is 2.56. The summed E-state index contributed by atoms with van der Waals surface area (Å²) in [7, 11) is 0. The molecule has 0 aliphatic rings. The van der Waals surface area contributed by atoms with E-state index in [0.29, 0.717) is 6.54 Å². The second kappa shape index (κ2) is 24.2. The molecule has 0 aromatic rings. The Morgan fingerprint density at radius 1 is 0.560 bits per heavy atom. The third-order valence-electron chi connectivity index (χ3n) is 4.78. The van der Waals surface area contributed by atoms with Crippen LogP contribution in [0.3, 0.4) is 0 Å². The second-order valence-corrected chi connectivity index (χ2v) is 7.34. The molecule has 0 aromatic carbocycles. The lowest BCUT2D eigenvalue weighted by Crippen LogP contribution is -2.26. The van der Waals surface area contributed by atoms with E-state index in [4.69, 9.17) is 10.2 Å². The minimum atomic E-state index is -1.21. The van der Waals surface area contributed by atoms with Crippen LogP contribution in [0.2, 0.25) is 0 Å². The molecule has 4 heteroatoms. The topological polar surface area (TPSA) is 52.5 Å². The molecule has 3 N–H and O–H groups in total. The van der Waals surface area contributed by atoms with Gasteiger partial charge in [0.25, 0.3) is 0 Å². The van der Waals surface area contributed by atoms with Crippen molar-refractivity contribution in [3.8, 4) is 0 Å². The molecule has 0 atom stereocenters. The van der Waals surface area contributed by atoms with Crippen molar-refractivity contribution >= 4 is 12.4 Å². The molecule has 0 saturated carbocycles. The molecule has 0 saturated heterocycles. The van der Waals surface area contributed by atoms with E-state index in [1.54, 1.807) is 0 Å². The SMILES string of the molecule is CCCCCCCCCCCCCCCCCCCNCC(O)O.Cl. The molecule has 0 aromatic heterocycles. The Balaban J connectivity index is 0. The lowest BCUT2D eigenvalue weighted by molar-refractivity contribution is -0.0370. The Hall–Kier alpha value is 0.170. The van der Waals surface area contributed by atoms with Crippen LogP contribution in [0, 0.1) is 0 Å². The predicted molar refractivity (Wildman–Crippen MR) is 113 cm³/mol. The van der Waals surface area contributed by atoms with Crippen molar-refractivity contribution < 1.29 is 10.2 Å². The number of aliphatic hydroxyl groups is 2.